The molecule has 0 radical (unpaired) electrons. The molecule has 1 aliphatic carbocycles. The van der Waals surface area contributed by atoms with E-state index in [2.05, 4.69) is 48.1 Å². The van der Waals surface area contributed by atoms with Crippen molar-refractivity contribution in [3.63, 3.8) is 0 Å². The van der Waals surface area contributed by atoms with Gasteiger partial charge in [-0.15, -0.1) is 0 Å². The summed E-state index contributed by atoms with van der Waals surface area (Å²) in [6, 6.07) is 2.63. The summed E-state index contributed by atoms with van der Waals surface area (Å²) in [5, 5.41) is 8.20. The molecule has 1 heterocycles. The molecule has 1 saturated carbocycles. The largest absolute Gasteiger partial charge is 0.306 e. The number of nitrogens with one attached hydrogen (secondary N) is 1. The zero-order valence-electron chi connectivity index (χ0n) is 10.7. The van der Waals surface area contributed by atoms with Gasteiger partial charge in [-0.2, -0.15) is 5.10 Å². The van der Waals surface area contributed by atoms with Crippen LogP contribution in [0.15, 0.2) is 12.3 Å². The summed E-state index contributed by atoms with van der Waals surface area (Å²) in [5.74, 6) is 0. The minimum atomic E-state index is 0.375. The first kappa shape index (κ1) is 11.6. The average Bonchev–Trinajstić information content (AvgIpc) is 2.71. The third kappa shape index (κ3) is 2.46. The lowest BCUT2D eigenvalue weighted by atomic mass is 9.78. The predicted octanol–water partition coefficient (Wildman–Crippen LogP) is 2.89. The van der Waals surface area contributed by atoms with Gasteiger partial charge < -0.3 is 5.32 Å². The van der Waals surface area contributed by atoms with Gasteiger partial charge in [0.25, 0.3) is 0 Å². The van der Waals surface area contributed by atoms with E-state index in [-0.39, 0.29) is 0 Å². The minimum absolute atomic E-state index is 0.375. The Morgan fingerprint density at radius 3 is 2.88 bits per heavy atom. The maximum Gasteiger partial charge on any atom is 0.0762 e. The number of hydrogen-bond acceptors (Lipinski definition) is 2. The maximum atomic E-state index is 4.60. The van der Waals surface area contributed by atoms with E-state index >= 15 is 0 Å². The van der Waals surface area contributed by atoms with E-state index < -0.39 is 0 Å². The van der Waals surface area contributed by atoms with Crippen molar-refractivity contribution in [1.29, 1.82) is 0 Å². The van der Waals surface area contributed by atoms with Gasteiger partial charge in [-0.25, -0.2) is 0 Å². The molecule has 0 spiro atoms. The second kappa shape index (κ2) is 4.58. The first-order chi connectivity index (χ1) is 7.63. The summed E-state index contributed by atoms with van der Waals surface area (Å²) in [6.07, 6.45) is 7.20. The fourth-order valence-corrected chi connectivity index (χ4v) is 2.09. The van der Waals surface area contributed by atoms with Crippen LogP contribution in [-0.2, 0) is 6.54 Å². The Labute approximate surface area is 98.2 Å². The average molecular weight is 221 g/mol. The Morgan fingerprint density at radius 1 is 1.56 bits per heavy atom. The second-order valence-electron chi connectivity index (χ2n) is 5.31. The molecule has 1 unspecified atom stereocenters. The first-order valence-electron chi connectivity index (χ1n) is 6.42. The van der Waals surface area contributed by atoms with Crippen molar-refractivity contribution in [2.24, 2.45) is 0 Å². The molecule has 0 saturated heterocycles. The van der Waals surface area contributed by atoms with Crippen LogP contribution in [0, 0.1) is 0 Å². The lowest BCUT2D eigenvalue weighted by Crippen LogP contribution is -2.47. The normalized spacial score (nSPS) is 20.4. The molecule has 16 heavy (non-hydrogen) atoms. The molecule has 1 N–H and O–H groups in total. The molecule has 1 atom stereocenters. The topological polar surface area (TPSA) is 29.9 Å². The van der Waals surface area contributed by atoms with Crippen LogP contribution in [0.2, 0.25) is 0 Å². The van der Waals surface area contributed by atoms with Crippen LogP contribution in [0.25, 0.3) is 0 Å². The van der Waals surface area contributed by atoms with Gasteiger partial charge in [0.05, 0.1) is 5.69 Å². The summed E-state index contributed by atoms with van der Waals surface area (Å²) < 4.78 is 2.07. The van der Waals surface area contributed by atoms with Gasteiger partial charge >= 0.3 is 0 Å². The van der Waals surface area contributed by atoms with Crippen molar-refractivity contribution in [2.75, 3.05) is 0 Å². The van der Waals surface area contributed by atoms with Gasteiger partial charge in [-0.1, -0.05) is 6.92 Å². The smallest absolute Gasteiger partial charge is 0.0762 e. The molecule has 0 aromatic carbocycles. The minimum Gasteiger partial charge on any atom is -0.306 e. The van der Waals surface area contributed by atoms with E-state index in [1.54, 1.807) is 0 Å². The lowest BCUT2D eigenvalue weighted by Gasteiger charge is -2.39. The lowest BCUT2D eigenvalue weighted by molar-refractivity contribution is 0.205. The van der Waals surface area contributed by atoms with E-state index in [1.165, 1.54) is 19.3 Å². The van der Waals surface area contributed by atoms with Gasteiger partial charge in [-0.05, 0) is 45.6 Å². The van der Waals surface area contributed by atoms with Crippen molar-refractivity contribution >= 4 is 0 Å². The molecule has 1 aliphatic rings. The Hall–Kier alpha value is -0.830. The molecule has 3 nitrogen and oxygen atoms in total. The van der Waals surface area contributed by atoms with Crippen LogP contribution in [-0.4, -0.2) is 15.3 Å². The third-order valence-corrected chi connectivity index (χ3v) is 3.86. The van der Waals surface area contributed by atoms with Crippen molar-refractivity contribution < 1.29 is 0 Å². The summed E-state index contributed by atoms with van der Waals surface area (Å²) >= 11 is 0. The molecule has 0 aliphatic heterocycles. The highest BCUT2D eigenvalue weighted by atomic mass is 15.3. The molecule has 0 bridgehead atoms. The number of aromatic nitrogens is 2. The highest BCUT2D eigenvalue weighted by Crippen LogP contribution is 2.31. The zero-order valence-corrected chi connectivity index (χ0v) is 10.7. The molecule has 2 rings (SSSR count). The van der Waals surface area contributed by atoms with Gasteiger partial charge in [0.15, 0.2) is 0 Å². The van der Waals surface area contributed by atoms with E-state index in [4.69, 9.17) is 0 Å². The number of hydrogen-bond donors (Lipinski definition) is 1. The Morgan fingerprint density at radius 2 is 2.31 bits per heavy atom. The molecule has 1 fully saturated rings. The Kier molecular flexibility index (Phi) is 3.33. The highest BCUT2D eigenvalue weighted by molar-refractivity contribution is 5.02. The fraction of sp³-hybridized carbons (Fsp3) is 0.769. The third-order valence-electron chi connectivity index (χ3n) is 3.86. The van der Waals surface area contributed by atoms with Crippen LogP contribution in [0.3, 0.4) is 0 Å². The van der Waals surface area contributed by atoms with Gasteiger partial charge in [0.2, 0.25) is 0 Å². The SMILES string of the molecule is CCC(C)n1ccc(CNC2(C)CCC2)n1. The highest BCUT2D eigenvalue weighted by Gasteiger charge is 2.30. The van der Waals surface area contributed by atoms with Crippen molar-refractivity contribution in [3.05, 3.63) is 18.0 Å². The van der Waals surface area contributed by atoms with Crippen LogP contribution in [0.4, 0.5) is 0 Å². The Bertz CT molecular complexity index is 339. The number of nitrogens with zero attached hydrogens (tertiary/aromatic N) is 2. The van der Waals surface area contributed by atoms with Gasteiger partial charge in [0.1, 0.15) is 0 Å². The van der Waals surface area contributed by atoms with Crippen LogP contribution in [0.1, 0.15) is 58.2 Å². The van der Waals surface area contributed by atoms with Gasteiger partial charge in [0, 0.05) is 24.3 Å². The van der Waals surface area contributed by atoms with Gasteiger partial charge in [-0.3, -0.25) is 4.68 Å². The van der Waals surface area contributed by atoms with Crippen LogP contribution in [0.5, 0.6) is 0 Å². The molecule has 0 amide bonds. The molecular formula is C13H23N3. The standard InChI is InChI=1S/C13H23N3/c1-4-11(2)16-9-6-12(15-16)10-14-13(3)7-5-8-13/h6,9,11,14H,4-5,7-8,10H2,1-3H3. The molecular weight excluding hydrogens is 198 g/mol. The molecule has 3 heteroatoms. The van der Waals surface area contributed by atoms with Crippen LogP contribution >= 0.6 is 0 Å². The number of rotatable bonds is 5. The van der Waals surface area contributed by atoms with E-state index in [0.29, 0.717) is 11.6 Å². The summed E-state index contributed by atoms with van der Waals surface area (Å²) in [6.45, 7) is 7.61. The Balaban J connectivity index is 1.87. The zero-order chi connectivity index (χ0) is 11.6. The van der Waals surface area contributed by atoms with Crippen molar-refractivity contribution in [2.45, 2.75) is 64.6 Å². The monoisotopic (exact) mass is 221 g/mol. The summed E-state index contributed by atoms with van der Waals surface area (Å²) in [7, 11) is 0. The van der Waals surface area contributed by atoms with E-state index in [9.17, 15) is 0 Å². The molecule has 90 valence electrons. The van der Waals surface area contributed by atoms with Crippen molar-refractivity contribution in [1.82, 2.24) is 15.1 Å². The first-order valence-corrected chi connectivity index (χ1v) is 6.42. The molecule has 1 aromatic rings. The summed E-state index contributed by atoms with van der Waals surface area (Å²) in [5.41, 5.74) is 1.54. The van der Waals surface area contributed by atoms with Crippen molar-refractivity contribution in [3.8, 4) is 0 Å². The van der Waals surface area contributed by atoms with E-state index in [0.717, 1.165) is 18.7 Å². The summed E-state index contributed by atoms with van der Waals surface area (Å²) in [4.78, 5) is 0. The molecule has 1 aromatic heterocycles. The fourth-order valence-electron chi connectivity index (χ4n) is 2.09. The second-order valence-corrected chi connectivity index (χ2v) is 5.31. The van der Waals surface area contributed by atoms with E-state index in [1.807, 2.05) is 0 Å². The predicted molar refractivity (Wildman–Crippen MR) is 66.3 cm³/mol. The van der Waals surface area contributed by atoms with Crippen LogP contribution < -0.4 is 5.32 Å². The maximum absolute atomic E-state index is 4.60. The quantitative estimate of drug-likeness (QED) is 0.828.